The van der Waals surface area contributed by atoms with Crippen molar-refractivity contribution in [2.24, 2.45) is 5.73 Å². The molecule has 2 radical (unpaired) electrons. The average Bonchev–Trinajstić information content (AvgIpc) is 1.59. The standard InChI is InChI=1S/C7H16BNS/c1-6(10-5-9)4-7(2,3)8/h6H,4-5,9H2,1-3H3. The molecule has 2 N–H and O–H groups in total. The molecule has 0 aliphatic heterocycles. The molecule has 0 rings (SSSR count). The van der Waals surface area contributed by atoms with Crippen molar-refractivity contribution in [1.29, 1.82) is 0 Å². The molecule has 0 amide bonds. The normalized spacial score (nSPS) is 15.2. The molecular formula is C7H16BNS. The van der Waals surface area contributed by atoms with Gasteiger partial charge in [-0.1, -0.05) is 26.1 Å². The minimum Gasteiger partial charge on any atom is -0.322 e. The van der Waals surface area contributed by atoms with Gasteiger partial charge in [-0.2, -0.15) is 0 Å². The van der Waals surface area contributed by atoms with E-state index >= 15 is 0 Å². The summed E-state index contributed by atoms with van der Waals surface area (Å²) in [6.45, 7) is 6.24. The average molecular weight is 157 g/mol. The van der Waals surface area contributed by atoms with Crippen molar-refractivity contribution >= 4 is 19.6 Å². The first-order chi connectivity index (χ1) is 4.45. The van der Waals surface area contributed by atoms with Gasteiger partial charge >= 0.3 is 0 Å². The molecule has 1 atom stereocenters. The second-order valence-electron chi connectivity index (χ2n) is 3.34. The quantitative estimate of drug-likeness (QED) is 0.497. The van der Waals surface area contributed by atoms with E-state index in [4.69, 9.17) is 13.6 Å². The molecule has 0 aliphatic carbocycles. The summed E-state index contributed by atoms with van der Waals surface area (Å²) >= 11 is 1.76. The zero-order chi connectivity index (χ0) is 8.20. The van der Waals surface area contributed by atoms with Crippen molar-refractivity contribution in [2.45, 2.75) is 37.8 Å². The summed E-state index contributed by atoms with van der Waals surface area (Å²) in [5.41, 5.74) is 5.37. The van der Waals surface area contributed by atoms with E-state index in [0.717, 1.165) is 6.42 Å². The molecule has 1 nitrogen and oxygen atoms in total. The van der Waals surface area contributed by atoms with Crippen LogP contribution in [0.5, 0.6) is 0 Å². The highest BCUT2D eigenvalue weighted by molar-refractivity contribution is 7.99. The molecule has 0 aromatic rings. The number of nitrogens with two attached hydrogens (primary N) is 1. The summed E-state index contributed by atoms with van der Waals surface area (Å²) < 4.78 is 0. The first-order valence-electron chi connectivity index (χ1n) is 3.56. The maximum atomic E-state index is 5.81. The summed E-state index contributed by atoms with van der Waals surface area (Å²) in [7, 11) is 5.81. The van der Waals surface area contributed by atoms with Gasteiger partial charge in [-0.15, -0.1) is 11.8 Å². The van der Waals surface area contributed by atoms with Crippen LogP contribution in [-0.4, -0.2) is 19.0 Å². The Morgan fingerprint density at radius 3 is 2.40 bits per heavy atom. The summed E-state index contributed by atoms with van der Waals surface area (Å²) in [4.78, 5) is 0. The van der Waals surface area contributed by atoms with E-state index in [-0.39, 0.29) is 5.31 Å². The van der Waals surface area contributed by atoms with E-state index in [2.05, 4.69) is 6.92 Å². The summed E-state index contributed by atoms with van der Waals surface area (Å²) in [6, 6.07) is 0. The fourth-order valence-corrected chi connectivity index (χ4v) is 1.84. The number of thioether (sulfide) groups is 1. The smallest absolute Gasteiger partial charge is 0.0739 e. The van der Waals surface area contributed by atoms with Crippen molar-refractivity contribution in [2.75, 3.05) is 5.88 Å². The highest BCUT2D eigenvalue weighted by Gasteiger charge is 2.13. The fourth-order valence-electron chi connectivity index (χ4n) is 0.964. The molecule has 0 heterocycles. The van der Waals surface area contributed by atoms with E-state index in [1.54, 1.807) is 11.8 Å². The molecule has 0 aromatic carbocycles. The molecule has 0 aliphatic rings. The third-order valence-corrected chi connectivity index (χ3v) is 2.12. The Morgan fingerprint density at radius 1 is 1.60 bits per heavy atom. The molecule has 0 bridgehead atoms. The second kappa shape index (κ2) is 4.29. The monoisotopic (exact) mass is 157 g/mol. The van der Waals surface area contributed by atoms with Gasteiger partial charge in [0, 0.05) is 11.1 Å². The highest BCUT2D eigenvalue weighted by Crippen LogP contribution is 2.29. The molecule has 0 fully saturated rings. The molecular weight excluding hydrogens is 141 g/mol. The van der Waals surface area contributed by atoms with Gasteiger partial charge in [-0.3, -0.25) is 0 Å². The van der Waals surface area contributed by atoms with Crippen LogP contribution in [0.4, 0.5) is 0 Å². The van der Waals surface area contributed by atoms with Crippen molar-refractivity contribution in [1.82, 2.24) is 0 Å². The Hall–Kier alpha value is 0.375. The van der Waals surface area contributed by atoms with Gasteiger partial charge in [0.05, 0.1) is 7.85 Å². The number of hydrogen-bond acceptors (Lipinski definition) is 2. The van der Waals surface area contributed by atoms with Crippen LogP contribution in [-0.2, 0) is 0 Å². The lowest BCUT2D eigenvalue weighted by Crippen LogP contribution is -2.11. The lowest BCUT2D eigenvalue weighted by atomic mass is 9.69. The zero-order valence-corrected chi connectivity index (χ0v) is 7.87. The molecule has 0 saturated carbocycles. The molecule has 58 valence electrons. The van der Waals surface area contributed by atoms with Crippen LogP contribution in [0.3, 0.4) is 0 Å². The van der Waals surface area contributed by atoms with E-state index < -0.39 is 0 Å². The third-order valence-electron chi connectivity index (χ3n) is 1.19. The molecule has 0 saturated heterocycles. The first kappa shape index (κ1) is 10.4. The van der Waals surface area contributed by atoms with Crippen molar-refractivity contribution in [3.63, 3.8) is 0 Å². The van der Waals surface area contributed by atoms with E-state index in [0.29, 0.717) is 11.1 Å². The van der Waals surface area contributed by atoms with Crippen LogP contribution in [0.2, 0.25) is 5.31 Å². The summed E-state index contributed by atoms with van der Waals surface area (Å²) in [6.07, 6.45) is 1.02. The lowest BCUT2D eigenvalue weighted by molar-refractivity contribution is 0.610. The van der Waals surface area contributed by atoms with Gasteiger partial charge < -0.3 is 5.73 Å². The minimum absolute atomic E-state index is 0.0540. The number of rotatable bonds is 4. The van der Waals surface area contributed by atoms with Crippen molar-refractivity contribution in [3.8, 4) is 0 Å². The first-order valence-corrected chi connectivity index (χ1v) is 4.61. The van der Waals surface area contributed by atoms with Gasteiger partial charge in [0.15, 0.2) is 0 Å². The van der Waals surface area contributed by atoms with Crippen LogP contribution in [0.1, 0.15) is 27.2 Å². The van der Waals surface area contributed by atoms with Gasteiger partial charge in [0.25, 0.3) is 0 Å². The van der Waals surface area contributed by atoms with Crippen LogP contribution in [0.25, 0.3) is 0 Å². The zero-order valence-electron chi connectivity index (χ0n) is 7.05. The maximum Gasteiger partial charge on any atom is 0.0739 e. The molecule has 3 heteroatoms. The number of hydrogen-bond donors (Lipinski definition) is 1. The maximum absolute atomic E-state index is 5.81. The van der Waals surface area contributed by atoms with Crippen LogP contribution >= 0.6 is 11.8 Å². The van der Waals surface area contributed by atoms with E-state index in [9.17, 15) is 0 Å². The predicted molar refractivity (Wildman–Crippen MR) is 50.5 cm³/mol. The summed E-state index contributed by atoms with van der Waals surface area (Å²) in [5, 5.41) is 0.520. The lowest BCUT2D eigenvalue weighted by Gasteiger charge is -2.22. The Bertz CT molecular complexity index is 90.1. The molecule has 1 unspecified atom stereocenters. The fraction of sp³-hybridized carbons (Fsp3) is 1.00. The molecule has 10 heavy (non-hydrogen) atoms. The van der Waals surface area contributed by atoms with Crippen LogP contribution < -0.4 is 5.73 Å². The Kier molecular flexibility index (Phi) is 4.45. The topological polar surface area (TPSA) is 26.0 Å². The highest BCUT2D eigenvalue weighted by atomic mass is 32.2. The SMILES string of the molecule is [B]C(C)(C)CC(C)SCN. The van der Waals surface area contributed by atoms with Gasteiger partial charge in [0.2, 0.25) is 0 Å². The third kappa shape index (κ3) is 6.49. The Balaban J connectivity index is 3.47. The largest absolute Gasteiger partial charge is 0.322 e. The molecule has 0 aromatic heterocycles. The van der Waals surface area contributed by atoms with Crippen molar-refractivity contribution < 1.29 is 0 Å². The Labute approximate surface area is 69.5 Å². The van der Waals surface area contributed by atoms with Gasteiger partial charge in [0.1, 0.15) is 0 Å². The molecule has 0 spiro atoms. The summed E-state index contributed by atoms with van der Waals surface area (Å²) in [5.74, 6) is 0.692. The Morgan fingerprint density at radius 2 is 2.10 bits per heavy atom. The van der Waals surface area contributed by atoms with E-state index in [1.807, 2.05) is 13.8 Å². The van der Waals surface area contributed by atoms with Crippen LogP contribution in [0, 0.1) is 0 Å². The van der Waals surface area contributed by atoms with Crippen molar-refractivity contribution in [3.05, 3.63) is 0 Å². The minimum atomic E-state index is -0.0540. The van der Waals surface area contributed by atoms with Crippen LogP contribution in [0.15, 0.2) is 0 Å². The van der Waals surface area contributed by atoms with Gasteiger partial charge in [-0.05, 0) is 6.42 Å². The second-order valence-corrected chi connectivity index (χ2v) is 4.81. The predicted octanol–water partition coefficient (Wildman–Crippen LogP) is 1.78. The van der Waals surface area contributed by atoms with E-state index in [1.165, 1.54) is 0 Å². The van der Waals surface area contributed by atoms with Gasteiger partial charge in [-0.25, -0.2) is 0 Å².